The quantitative estimate of drug-likeness (QED) is 0.687. The fourth-order valence-electron chi connectivity index (χ4n) is 3.95. The molecule has 1 fully saturated rings. The molecule has 0 bridgehead atoms. The number of fused-ring (bicyclic) bond motifs is 1. The minimum atomic E-state index is -3.50. The van der Waals surface area contributed by atoms with Crippen molar-refractivity contribution in [2.24, 2.45) is 5.92 Å². The van der Waals surface area contributed by atoms with Crippen molar-refractivity contribution in [2.75, 3.05) is 19.6 Å². The minimum Gasteiger partial charge on any atom is -0.299 e. The first-order chi connectivity index (χ1) is 13.6. The maximum absolute atomic E-state index is 12.8. The number of sulfonamides is 1. The number of rotatable bonds is 6. The Morgan fingerprint density at radius 2 is 1.68 bits per heavy atom. The normalized spacial score (nSPS) is 18.4. The third-order valence-electron chi connectivity index (χ3n) is 5.45. The van der Waals surface area contributed by atoms with Crippen LogP contribution >= 0.6 is 0 Å². The van der Waals surface area contributed by atoms with E-state index in [9.17, 15) is 8.42 Å². The second-order valence-electron chi connectivity index (χ2n) is 7.59. The summed E-state index contributed by atoms with van der Waals surface area (Å²) in [5.41, 5.74) is 1.31. The van der Waals surface area contributed by atoms with E-state index in [1.807, 2.05) is 36.4 Å². The fraction of sp³-hybridized carbons (Fsp3) is 0.304. The molecule has 0 aliphatic carbocycles. The molecule has 0 amide bonds. The van der Waals surface area contributed by atoms with Crippen LogP contribution in [0, 0.1) is 5.92 Å². The first kappa shape index (κ1) is 19.1. The molecule has 1 heterocycles. The summed E-state index contributed by atoms with van der Waals surface area (Å²) in [4.78, 5) is 2.76. The van der Waals surface area contributed by atoms with Gasteiger partial charge in [-0.15, -0.1) is 0 Å². The van der Waals surface area contributed by atoms with Crippen molar-refractivity contribution in [2.45, 2.75) is 24.3 Å². The molecule has 1 aliphatic heterocycles. The van der Waals surface area contributed by atoms with E-state index in [1.54, 1.807) is 12.1 Å². The van der Waals surface area contributed by atoms with Crippen LogP contribution in [0.1, 0.15) is 18.4 Å². The maximum atomic E-state index is 12.8. The summed E-state index contributed by atoms with van der Waals surface area (Å²) in [7, 11) is -3.50. The molecule has 0 unspecified atom stereocenters. The van der Waals surface area contributed by atoms with Crippen LogP contribution in [-0.4, -0.2) is 33.0 Å². The molecule has 146 valence electrons. The monoisotopic (exact) mass is 394 g/mol. The van der Waals surface area contributed by atoms with Gasteiger partial charge in [0.15, 0.2) is 0 Å². The molecule has 0 spiro atoms. The largest absolute Gasteiger partial charge is 0.299 e. The highest BCUT2D eigenvalue weighted by atomic mass is 32.2. The summed E-state index contributed by atoms with van der Waals surface area (Å²) in [5.74, 6) is 0.340. The summed E-state index contributed by atoms with van der Waals surface area (Å²) in [6, 6.07) is 23.6. The van der Waals surface area contributed by atoms with E-state index in [0.717, 1.165) is 43.2 Å². The van der Waals surface area contributed by atoms with Crippen molar-refractivity contribution in [1.82, 2.24) is 9.62 Å². The summed E-state index contributed by atoms with van der Waals surface area (Å²) in [5, 5.41) is 1.99. The molecule has 28 heavy (non-hydrogen) atoms. The van der Waals surface area contributed by atoms with Crippen molar-refractivity contribution in [3.63, 3.8) is 0 Å². The topological polar surface area (TPSA) is 49.4 Å². The zero-order chi connectivity index (χ0) is 19.4. The van der Waals surface area contributed by atoms with E-state index in [2.05, 4.69) is 33.9 Å². The maximum Gasteiger partial charge on any atom is 0.240 e. The number of hydrogen-bond acceptors (Lipinski definition) is 3. The SMILES string of the molecule is O=S(=O)(NC[C@@H]1CCCN(Cc2ccccc2)C1)c1ccc2ccccc2c1. The van der Waals surface area contributed by atoms with E-state index in [-0.39, 0.29) is 0 Å². The van der Waals surface area contributed by atoms with Crippen LogP contribution in [0.2, 0.25) is 0 Å². The molecule has 1 atom stereocenters. The molecule has 0 aromatic heterocycles. The second-order valence-corrected chi connectivity index (χ2v) is 9.36. The van der Waals surface area contributed by atoms with Gasteiger partial charge < -0.3 is 0 Å². The van der Waals surface area contributed by atoms with Crippen molar-refractivity contribution < 1.29 is 8.42 Å². The third-order valence-corrected chi connectivity index (χ3v) is 6.87. The van der Waals surface area contributed by atoms with E-state index in [4.69, 9.17) is 0 Å². The Kier molecular flexibility index (Phi) is 5.76. The lowest BCUT2D eigenvalue weighted by Gasteiger charge is -2.32. The smallest absolute Gasteiger partial charge is 0.240 e. The minimum absolute atomic E-state index is 0.336. The van der Waals surface area contributed by atoms with Gasteiger partial charge in [-0.1, -0.05) is 60.7 Å². The van der Waals surface area contributed by atoms with Crippen LogP contribution < -0.4 is 4.72 Å². The molecule has 1 N–H and O–H groups in total. The van der Waals surface area contributed by atoms with Gasteiger partial charge in [0.2, 0.25) is 10.0 Å². The third kappa shape index (κ3) is 4.61. The van der Waals surface area contributed by atoms with E-state index in [1.165, 1.54) is 5.56 Å². The van der Waals surface area contributed by atoms with E-state index < -0.39 is 10.0 Å². The Labute approximate surface area is 167 Å². The average molecular weight is 395 g/mol. The zero-order valence-electron chi connectivity index (χ0n) is 15.9. The number of hydrogen-bond donors (Lipinski definition) is 1. The highest BCUT2D eigenvalue weighted by Gasteiger charge is 2.22. The zero-order valence-corrected chi connectivity index (χ0v) is 16.7. The molecule has 5 heteroatoms. The molecule has 3 aromatic rings. The highest BCUT2D eigenvalue weighted by molar-refractivity contribution is 7.89. The van der Waals surface area contributed by atoms with Crippen LogP contribution in [0.4, 0.5) is 0 Å². The van der Waals surface area contributed by atoms with Gasteiger partial charge in [-0.05, 0) is 53.8 Å². The molecule has 4 rings (SSSR count). The van der Waals surface area contributed by atoms with Crippen molar-refractivity contribution in [3.05, 3.63) is 78.4 Å². The number of nitrogens with one attached hydrogen (secondary N) is 1. The number of piperidine rings is 1. The first-order valence-corrected chi connectivity index (χ1v) is 11.3. The molecule has 1 saturated heterocycles. The van der Waals surface area contributed by atoms with Crippen molar-refractivity contribution >= 4 is 20.8 Å². The summed E-state index contributed by atoms with van der Waals surface area (Å²) >= 11 is 0. The van der Waals surface area contributed by atoms with Crippen LogP contribution in [0.15, 0.2) is 77.7 Å². The molecule has 0 radical (unpaired) electrons. The number of likely N-dealkylation sites (tertiary alicyclic amines) is 1. The fourth-order valence-corrected chi connectivity index (χ4v) is 5.10. The van der Waals surface area contributed by atoms with Crippen LogP contribution in [0.25, 0.3) is 10.8 Å². The summed E-state index contributed by atoms with van der Waals surface area (Å²) < 4.78 is 28.4. The van der Waals surface area contributed by atoms with Crippen LogP contribution in [-0.2, 0) is 16.6 Å². The Balaban J connectivity index is 1.38. The molecular formula is C23H26N2O2S. The predicted octanol–water partition coefficient (Wildman–Crippen LogP) is 4.03. The van der Waals surface area contributed by atoms with Gasteiger partial charge in [-0.3, -0.25) is 4.90 Å². The molecule has 4 nitrogen and oxygen atoms in total. The van der Waals surface area contributed by atoms with Crippen molar-refractivity contribution in [3.8, 4) is 0 Å². The lowest BCUT2D eigenvalue weighted by molar-refractivity contribution is 0.169. The van der Waals surface area contributed by atoms with Gasteiger partial charge >= 0.3 is 0 Å². The van der Waals surface area contributed by atoms with Gasteiger partial charge in [-0.2, -0.15) is 0 Å². The molecule has 3 aromatic carbocycles. The Bertz CT molecular complexity index is 1030. The molecule has 1 aliphatic rings. The van der Waals surface area contributed by atoms with E-state index in [0.29, 0.717) is 17.4 Å². The second kappa shape index (κ2) is 8.43. The Morgan fingerprint density at radius 1 is 0.929 bits per heavy atom. The number of benzene rings is 3. The van der Waals surface area contributed by atoms with Crippen LogP contribution in [0.5, 0.6) is 0 Å². The predicted molar refractivity (Wildman–Crippen MR) is 114 cm³/mol. The van der Waals surface area contributed by atoms with Crippen LogP contribution in [0.3, 0.4) is 0 Å². The average Bonchev–Trinajstić information content (AvgIpc) is 2.73. The van der Waals surface area contributed by atoms with E-state index >= 15 is 0 Å². The summed E-state index contributed by atoms with van der Waals surface area (Å²) in [6.45, 7) is 3.41. The summed E-state index contributed by atoms with van der Waals surface area (Å²) in [6.07, 6.45) is 2.17. The van der Waals surface area contributed by atoms with Gasteiger partial charge in [0.1, 0.15) is 0 Å². The van der Waals surface area contributed by atoms with Crippen molar-refractivity contribution in [1.29, 1.82) is 0 Å². The standard InChI is InChI=1S/C23H26N2O2S/c26-28(27,23-13-12-21-10-4-5-11-22(21)15-23)24-16-20-9-6-14-25(18-20)17-19-7-2-1-3-8-19/h1-5,7-8,10-13,15,20,24H,6,9,14,16-18H2/t20-/m0/s1. The Morgan fingerprint density at radius 3 is 2.50 bits per heavy atom. The van der Waals surface area contributed by atoms with Gasteiger partial charge in [0.25, 0.3) is 0 Å². The molecule has 0 saturated carbocycles. The number of nitrogens with zero attached hydrogens (tertiary/aromatic N) is 1. The van der Waals surface area contributed by atoms with Gasteiger partial charge in [0.05, 0.1) is 4.90 Å². The van der Waals surface area contributed by atoms with Gasteiger partial charge in [0, 0.05) is 19.6 Å². The van der Waals surface area contributed by atoms with Gasteiger partial charge in [-0.25, -0.2) is 13.1 Å². The molecular weight excluding hydrogens is 368 g/mol. The Hall–Kier alpha value is -2.21. The first-order valence-electron chi connectivity index (χ1n) is 9.85. The lowest BCUT2D eigenvalue weighted by Crippen LogP contribution is -2.40. The highest BCUT2D eigenvalue weighted by Crippen LogP contribution is 2.21. The lowest BCUT2D eigenvalue weighted by atomic mass is 9.98.